The molecule has 4 rings (SSSR count). The maximum atomic E-state index is 11.5. The van der Waals surface area contributed by atoms with Crippen LogP contribution in [0.15, 0.2) is 42.5 Å². The van der Waals surface area contributed by atoms with Gasteiger partial charge in [-0.2, -0.15) is 5.10 Å². The van der Waals surface area contributed by atoms with Gasteiger partial charge in [0.25, 0.3) is 0 Å². The van der Waals surface area contributed by atoms with E-state index in [9.17, 15) is 9.59 Å². The number of fused-ring (bicyclic) bond motifs is 1. The summed E-state index contributed by atoms with van der Waals surface area (Å²) in [6.07, 6.45) is 2.96. The predicted octanol–water partition coefficient (Wildman–Crippen LogP) is 3.96. The summed E-state index contributed by atoms with van der Waals surface area (Å²) in [7, 11) is 0. The lowest BCUT2D eigenvalue weighted by molar-refractivity contribution is -0.119. The Morgan fingerprint density at radius 3 is 2.61 bits per heavy atom. The highest BCUT2D eigenvalue weighted by atomic mass is 16.2. The molecule has 2 aromatic carbocycles. The number of nitrogens with zero attached hydrogens (tertiary/aromatic N) is 1. The normalized spacial score (nSPS) is 18.9. The molecule has 2 unspecified atom stereocenters. The van der Waals surface area contributed by atoms with Crippen LogP contribution in [-0.2, 0) is 9.59 Å². The number of rotatable bonds is 4. The van der Waals surface area contributed by atoms with Crippen LogP contribution in [0.5, 0.6) is 0 Å². The highest BCUT2D eigenvalue weighted by Gasteiger charge is 2.27. The summed E-state index contributed by atoms with van der Waals surface area (Å²) in [5.41, 5.74) is 3.83. The van der Waals surface area contributed by atoms with Crippen LogP contribution in [0.3, 0.4) is 0 Å². The van der Waals surface area contributed by atoms with Crippen LogP contribution in [-0.4, -0.2) is 28.1 Å². The molecule has 6 nitrogen and oxygen atoms in total. The molecule has 1 aliphatic carbocycles. The van der Waals surface area contributed by atoms with Crippen molar-refractivity contribution in [2.45, 2.75) is 45.1 Å². The van der Waals surface area contributed by atoms with Crippen molar-refractivity contribution in [1.29, 1.82) is 0 Å². The molecule has 1 aliphatic rings. The second-order valence-corrected chi connectivity index (χ2v) is 7.50. The molecular weight excluding hydrogens is 352 g/mol. The molecule has 1 saturated carbocycles. The standard InChI is InChI=1S/C22H24N4O2/c1-13(27)23-16-10-9-15(11-16)21-12-22(26-25-21)19-7-3-6-18-17(19)5-4-8-20(18)24-14(2)28/h3-8,12,15-16H,9-11H2,1-2H3,(H,23,27)(H,24,28)(H,25,26). The van der Waals surface area contributed by atoms with Crippen molar-refractivity contribution in [2.75, 3.05) is 5.32 Å². The highest BCUT2D eigenvalue weighted by Crippen LogP contribution is 2.37. The Balaban J connectivity index is 1.63. The zero-order valence-electron chi connectivity index (χ0n) is 16.1. The minimum atomic E-state index is -0.0880. The molecule has 2 amide bonds. The zero-order chi connectivity index (χ0) is 19.7. The van der Waals surface area contributed by atoms with E-state index in [1.807, 2.05) is 30.3 Å². The minimum absolute atomic E-state index is 0.0293. The molecule has 3 aromatic rings. The largest absolute Gasteiger partial charge is 0.354 e. The Labute approximate surface area is 163 Å². The number of H-pyrrole nitrogens is 1. The highest BCUT2D eigenvalue weighted by molar-refractivity contribution is 6.06. The number of nitrogens with one attached hydrogen (secondary N) is 3. The van der Waals surface area contributed by atoms with Gasteiger partial charge in [0.15, 0.2) is 0 Å². The zero-order valence-corrected chi connectivity index (χ0v) is 16.1. The summed E-state index contributed by atoms with van der Waals surface area (Å²) in [5, 5.41) is 15.7. The van der Waals surface area contributed by atoms with E-state index in [2.05, 4.69) is 33.0 Å². The fourth-order valence-electron chi connectivity index (χ4n) is 4.20. The van der Waals surface area contributed by atoms with Crippen LogP contribution in [0.25, 0.3) is 22.0 Å². The summed E-state index contributed by atoms with van der Waals surface area (Å²) in [5.74, 6) is 0.319. The molecule has 28 heavy (non-hydrogen) atoms. The average Bonchev–Trinajstić information content (AvgIpc) is 3.30. The number of carbonyl (C=O) groups is 2. The lowest BCUT2D eigenvalue weighted by atomic mass is 9.99. The van der Waals surface area contributed by atoms with Crippen molar-refractivity contribution >= 4 is 28.3 Å². The third-order valence-corrected chi connectivity index (χ3v) is 5.39. The van der Waals surface area contributed by atoms with Gasteiger partial charge >= 0.3 is 0 Å². The SMILES string of the molecule is CC(=O)Nc1cccc2c(-c3cc(C4CCC(NC(C)=O)C4)[nH]n3)cccc12. The van der Waals surface area contributed by atoms with E-state index < -0.39 is 0 Å². The number of aromatic nitrogens is 2. The monoisotopic (exact) mass is 376 g/mol. The van der Waals surface area contributed by atoms with Gasteiger partial charge in [-0.1, -0.05) is 30.3 Å². The second-order valence-electron chi connectivity index (χ2n) is 7.50. The molecule has 3 N–H and O–H groups in total. The number of hydrogen-bond acceptors (Lipinski definition) is 3. The maximum Gasteiger partial charge on any atom is 0.221 e. The average molecular weight is 376 g/mol. The first kappa shape index (κ1) is 18.2. The number of anilines is 1. The van der Waals surface area contributed by atoms with Gasteiger partial charge in [0, 0.05) is 48.1 Å². The maximum absolute atomic E-state index is 11.5. The Kier molecular flexibility index (Phi) is 4.86. The minimum Gasteiger partial charge on any atom is -0.354 e. The summed E-state index contributed by atoms with van der Waals surface area (Å²) in [6, 6.07) is 14.3. The van der Waals surface area contributed by atoms with Crippen LogP contribution < -0.4 is 10.6 Å². The smallest absolute Gasteiger partial charge is 0.221 e. The van der Waals surface area contributed by atoms with E-state index in [1.165, 1.54) is 6.92 Å². The summed E-state index contributed by atoms with van der Waals surface area (Å²) in [4.78, 5) is 22.8. The van der Waals surface area contributed by atoms with Crippen molar-refractivity contribution < 1.29 is 9.59 Å². The van der Waals surface area contributed by atoms with E-state index in [0.29, 0.717) is 5.92 Å². The van der Waals surface area contributed by atoms with Gasteiger partial charge in [-0.3, -0.25) is 14.7 Å². The second kappa shape index (κ2) is 7.46. The van der Waals surface area contributed by atoms with E-state index in [4.69, 9.17) is 0 Å². The number of benzene rings is 2. The quantitative estimate of drug-likeness (QED) is 0.644. The molecule has 1 heterocycles. The lowest BCUT2D eigenvalue weighted by Crippen LogP contribution is -2.30. The molecule has 0 aliphatic heterocycles. The van der Waals surface area contributed by atoms with Crippen LogP contribution in [0.2, 0.25) is 0 Å². The van der Waals surface area contributed by atoms with Crippen LogP contribution in [0.4, 0.5) is 5.69 Å². The summed E-state index contributed by atoms with van der Waals surface area (Å²) < 4.78 is 0. The van der Waals surface area contributed by atoms with Gasteiger partial charge in [0.05, 0.1) is 5.69 Å². The molecule has 0 spiro atoms. The topological polar surface area (TPSA) is 86.9 Å². The number of aromatic amines is 1. The first-order chi connectivity index (χ1) is 13.5. The van der Waals surface area contributed by atoms with E-state index in [-0.39, 0.29) is 17.9 Å². The first-order valence-corrected chi connectivity index (χ1v) is 9.63. The molecule has 2 atom stereocenters. The molecular formula is C22H24N4O2. The summed E-state index contributed by atoms with van der Waals surface area (Å²) >= 11 is 0. The van der Waals surface area contributed by atoms with Gasteiger partial charge in [-0.15, -0.1) is 0 Å². The lowest BCUT2D eigenvalue weighted by Gasteiger charge is -2.11. The number of amides is 2. The number of hydrogen-bond donors (Lipinski definition) is 3. The fraction of sp³-hybridized carbons (Fsp3) is 0.318. The van der Waals surface area contributed by atoms with E-state index in [0.717, 1.165) is 52.7 Å². The molecule has 0 saturated heterocycles. The Bertz CT molecular complexity index is 1040. The fourth-order valence-corrected chi connectivity index (χ4v) is 4.20. The molecule has 144 valence electrons. The van der Waals surface area contributed by atoms with Gasteiger partial charge in [0.1, 0.15) is 0 Å². The third kappa shape index (κ3) is 3.63. The van der Waals surface area contributed by atoms with E-state index in [1.54, 1.807) is 6.92 Å². The molecule has 0 radical (unpaired) electrons. The van der Waals surface area contributed by atoms with Crippen molar-refractivity contribution in [3.8, 4) is 11.3 Å². The van der Waals surface area contributed by atoms with Crippen LogP contribution >= 0.6 is 0 Å². The van der Waals surface area contributed by atoms with Crippen molar-refractivity contribution in [2.24, 2.45) is 0 Å². The summed E-state index contributed by atoms with van der Waals surface area (Å²) in [6.45, 7) is 3.08. The van der Waals surface area contributed by atoms with E-state index >= 15 is 0 Å². The predicted molar refractivity (Wildman–Crippen MR) is 110 cm³/mol. The first-order valence-electron chi connectivity index (χ1n) is 9.63. The van der Waals surface area contributed by atoms with Crippen LogP contribution in [0, 0.1) is 0 Å². The third-order valence-electron chi connectivity index (χ3n) is 5.39. The Morgan fingerprint density at radius 1 is 1.04 bits per heavy atom. The molecule has 0 bridgehead atoms. The van der Waals surface area contributed by atoms with Gasteiger partial charge in [0.2, 0.25) is 11.8 Å². The van der Waals surface area contributed by atoms with Gasteiger partial charge in [-0.25, -0.2) is 0 Å². The van der Waals surface area contributed by atoms with Crippen LogP contribution in [0.1, 0.15) is 44.7 Å². The van der Waals surface area contributed by atoms with Crippen molar-refractivity contribution in [3.63, 3.8) is 0 Å². The van der Waals surface area contributed by atoms with Crippen molar-refractivity contribution in [3.05, 3.63) is 48.2 Å². The van der Waals surface area contributed by atoms with Crippen molar-refractivity contribution in [1.82, 2.24) is 15.5 Å². The molecule has 6 heteroatoms. The Morgan fingerprint density at radius 2 is 1.82 bits per heavy atom. The molecule has 1 fully saturated rings. The molecule has 1 aromatic heterocycles. The van der Waals surface area contributed by atoms with Gasteiger partial charge in [-0.05, 0) is 36.8 Å². The van der Waals surface area contributed by atoms with Gasteiger partial charge < -0.3 is 10.6 Å². The Hall–Kier alpha value is -3.15. The number of carbonyl (C=O) groups excluding carboxylic acids is 2.